The first kappa shape index (κ1) is 20.0. The maximum absolute atomic E-state index is 13.2. The van der Waals surface area contributed by atoms with Gasteiger partial charge in [0, 0.05) is 28.2 Å². The zero-order valence-electron chi connectivity index (χ0n) is 16.2. The minimum atomic E-state index is -1.28. The lowest BCUT2D eigenvalue weighted by atomic mass is 10.1. The summed E-state index contributed by atoms with van der Waals surface area (Å²) >= 11 is 0. The second kappa shape index (κ2) is 8.62. The predicted octanol–water partition coefficient (Wildman–Crippen LogP) is 4.20. The molecule has 1 atom stereocenters. The van der Waals surface area contributed by atoms with Gasteiger partial charge in [-0.2, -0.15) is 0 Å². The number of hydrogen-bond donors (Lipinski definition) is 2. The quantitative estimate of drug-likeness (QED) is 0.477. The average molecular weight is 416 g/mol. The van der Waals surface area contributed by atoms with Crippen LogP contribution in [0.15, 0.2) is 89.7 Å². The second-order valence-corrected chi connectivity index (χ2v) is 6.79. The van der Waals surface area contributed by atoms with Gasteiger partial charge >= 0.3 is 5.97 Å². The zero-order chi connectivity index (χ0) is 21.8. The SMILES string of the molecule is O=C(O[C@@H](C(=O)Nc1ccc(F)cc1)c1ccccc1)c1cc(=O)[nH]c2ccccc12. The van der Waals surface area contributed by atoms with Gasteiger partial charge in [-0.25, -0.2) is 9.18 Å². The Hall–Kier alpha value is -4.26. The molecule has 4 rings (SSSR count). The highest BCUT2D eigenvalue weighted by atomic mass is 19.1. The molecule has 31 heavy (non-hydrogen) atoms. The smallest absolute Gasteiger partial charge is 0.340 e. The summed E-state index contributed by atoms with van der Waals surface area (Å²) in [5.41, 5.74) is 0.871. The van der Waals surface area contributed by atoms with Crippen molar-refractivity contribution < 1.29 is 18.7 Å². The topological polar surface area (TPSA) is 88.3 Å². The molecule has 1 aromatic heterocycles. The van der Waals surface area contributed by atoms with Crippen LogP contribution in [0, 0.1) is 5.82 Å². The van der Waals surface area contributed by atoms with Gasteiger partial charge in [-0.15, -0.1) is 0 Å². The number of pyridine rings is 1. The van der Waals surface area contributed by atoms with Gasteiger partial charge in [0.15, 0.2) is 0 Å². The molecule has 3 aromatic carbocycles. The number of nitrogens with one attached hydrogen (secondary N) is 2. The van der Waals surface area contributed by atoms with E-state index in [0.717, 1.165) is 6.07 Å². The number of benzene rings is 3. The van der Waals surface area contributed by atoms with E-state index in [9.17, 15) is 18.8 Å². The highest BCUT2D eigenvalue weighted by Gasteiger charge is 2.27. The van der Waals surface area contributed by atoms with E-state index >= 15 is 0 Å². The summed E-state index contributed by atoms with van der Waals surface area (Å²) in [6.07, 6.45) is -1.28. The van der Waals surface area contributed by atoms with Crippen molar-refractivity contribution >= 4 is 28.5 Å². The summed E-state index contributed by atoms with van der Waals surface area (Å²) in [6, 6.07) is 21.7. The number of hydrogen-bond acceptors (Lipinski definition) is 4. The molecule has 0 spiro atoms. The van der Waals surface area contributed by atoms with E-state index in [2.05, 4.69) is 10.3 Å². The van der Waals surface area contributed by atoms with Crippen molar-refractivity contribution in [3.05, 3.63) is 112 Å². The molecule has 0 saturated carbocycles. The molecule has 0 saturated heterocycles. The lowest BCUT2D eigenvalue weighted by molar-refractivity contribution is -0.125. The summed E-state index contributed by atoms with van der Waals surface area (Å²) in [6.45, 7) is 0. The maximum atomic E-state index is 13.2. The van der Waals surface area contributed by atoms with Crippen molar-refractivity contribution in [2.75, 3.05) is 5.32 Å². The third-order valence-electron chi connectivity index (χ3n) is 4.65. The molecule has 154 valence electrons. The first-order valence-electron chi connectivity index (χ1n) is 9.46. The van der Waals surface area contributed by atoms with Gasteiger partial charge in [-0.1, -0.05) is 48.5 Å². The van der Waals surface area contributed by atoms with Crippen molar-refractivity contribution in [1.82, 2.24) is 4.98 Å². The van der Waals surface area contributed by atoms with Crippen LogP contribution in [-0.2, 0) is 9.53 Å². The van der Waals surface area contributed by atoms with Gasteiger partial charge in [0.1, 0.15) is 5.82 Å². The fraction of sp³-hybridized carbons (Fsp3) is 0.0417. The number of carbonyl (C=O) groups excluding carboxylic acids is 2. The number of amides is 1. The van der Waals surface area contributed by atoms with Gasteiger partial charge in [0.05, 0.1) is 5.56 Å². The van der Waals surface area contributed by atoms with Gasteiger partial charge in [0.2, 0.25) is 11.7 Å². The fourth-order valence-corrected chi connectivity index (χ4v) is 3.19. The number of esters is 1. The number of aromatic nitrogens is 1. The van der Waals surface area contributed by atoms with E-state index in [4.69, 9.17) is 4.74 Å². The van der Waals surface area contributed by atoms with Crippen LogP contribution in [0.4, 0.5) is 10.1 Å². The monoisotopic (exact) mass is 416 g/mol. The molecule has 0 radical (unpaired) electrons. The number of carbonyl (C=O) groups is 2. The van der Waals surface area contributed by atoms with E-state index < -0.39 is 29.4 Å². The number of fused-ring (bicyclic) bond motifs is 1. The summed E-state index contributed by atoms with van der Waals surface area (Å²) in [5.74, 6) is -1.86. The molecule has 7 heteroatoms. The molecule has 0 aliphatic rings. The van der Waals surface area contributed by atoms with Crippen LogP contribution in [0.5, 0.6) is 0 Å². The summed E-state index contributed by atoms with van der Waals surface area (Å²) in [4.78, 5) is 40.6. The third kappa shape index (κ3) is 4.51. The summed E-state index contributed by atoms with van der Waals surface area (Å²) in [5, 5.41) is 3.12. The van der Waals surface area contributed by atoms with E-state index in [0.29, 0.717) is 22.2 Å². The van der Waals surface area contributed by atoms with E-state index in [-0.39, 0.29) is 5.56 Å². The predicted molar refractivity (Wildman–Crippen MR) is 114 cm³/mol. The van der Waals surface area contributed by atoms with Crippen molar-refractivity contribution in [1.29, 1.82) is 0 Å². The van der Waals surface area contributed by atoms with Crippen molar-refractivity contribution in [2.45, 2.75) is 6.10 Å². The van der Waals surface area contributed by atoms with Crippen molar-refractivity contribution in [2.24, 2.45) is 0 Å². The van der Waals surface area contributed by atoms with Crippen LogP contribution in [0.2, 0.25) is 0 Å². The number of ether oxygens (including phenoxy) is 1. The van der Waals surface area contributed by atoms with Crippen LogP contribution in [0.1, 0.15) is 22.0 Å². The molecular formula is C24H17FN2O4. The maximum Gasteiger partial charge on any atom is 0.340 e. The number of H-pyrrole nitrogens is 1. The largest absolute Gasteiger partial charge is 0.444 e. The van der Waals surface area contributed by atoms with Crippen LogP contribution >= 0.6 is 0 Å². The first-order valence-corrected chi connectivity index (χ1v) is 9.46. The Bertz CT molecular complexity index is 1300. The van der Waals surface area contributed by atoms with Crippen LogP contribution in [-0.4, -0.2) is 16.9 Å². The van der Waals surface area contributed by atoms with E-state index in [1.165, 1.54) is 24.3 Å². The number of rotatable bonds is 5. The first-order chi connectivity index (χ1) is 15.0. The Balaban J connectivity index is 1.67. The van der Waals surface area contributed by atoms with Crippen LogP contribution in [0.3, 0.4) is 0 Å². The van der Waals surface area contributed by atoms with Gasteiger partial charge in [-0.3, -0.25) is 9.59 Å². The Morgan fingerprint density at radius 3 is 2.32 bits per heavy atom. The minimum Gasteiger partial charge on any atom is -0.444 e. The number of para-hydroxylation sites is 1. The Labute approximate surface area is 176 Å². The van der Waals surface area contributed by atoms with Crippen LogP contribution in [0.25, 0.3) is 10.9 Å². The number of anilines is 1. The third-order valence-corrected chi connectivity index (χ3v) is 4.65. The molecule has 6 nitrogen and oxygen atoms in total. The Kier molecular flexibility index (Phi) is 5.57. The summed E-state index contributed by atoms with van der Waals surface area (Å²) in [7, 11) is 0. The highest BCUT2D eigenvalue weighted by molar-refractivity contribution is 6.05. The molecule has 0 fully saturated rings. The van der Waals surface area contributed by atoms with Gasteiger partial charge < -0.3 is 15.0 Å². The molecule has 1 amide bonds. The molecule has 2 N–H and O–H groups in total. The molecule has 0 aliphatic heterocycles. The second-order valence-electron chi connectivity index (χ2n) is 6.79. The standard InChI is InChI=1S/C24H17FN2O4/c25-16-10-12-17(13-11-16)26-23(29)22(15-6-2-1-3-7-15)31-24(30)19-14-21(28)27-20-9-5-4-8-18(19)20/h1-14,22H,(H,26,29)(H,27,28)/t22-/m1/s1. The summed E-state index contributed by atoms with van der Waals surface area (Å²) < 4.78 is 18.7. The number of halogens is 1. The number of aromatic amines is 1. The van der Waals surface area contributed by atoms with Crippen molar-refractivity contribution in [3.8, 4) is 0 Å². The molecule has 0 bridgehead atoms. The molecule has 0 unspecified atom stereocenters. The molecule has 4 aromatic rings. The molecular weight excluding hydrogens is 399 g/mol. The Morgan fingerprint density at radius 2 is 1.58 bits per heavy atom. The van der Waals surface area contributed by atoms with Crippen LogP contribution < -0.4 is 10.9 Å². The van der Waals surface area contributed by atoms with E-state index in [1.807, 2.05) is 0 Å². The van der Waals surface area contributed by atoms with Gasteiger partial charge in [0.25, 0.3) is 5.91 Å². The van der Waals surface area contributed by atoms with Gasteiger partial charge in [-0.05, 0) is 30.3 Å². The minimum absolute atomic E-state index is 0.0508. The van der Waals surface area contributed by atoms with Crippen molar-refractivity contribution in [3.63, 3.8) is 0 Å². The molecule has 0 aliphatic carbocycles. The lowest BCUT2D eigenvalue weighted by Crippen LogP contribution is -2.26. The normalized spacial score (nSPS) is 11.6. The lowest BCUT2D eigenvalue weighted by Gasteiger charge is -2.18. The average Bonchev–Trinajstić information content (AvgIpc) is 2.78. The Morgan fingerprint density at radius 1 is 0.903 bits per heavy atom. The zero-order valence-corrected chi connectivity index (χ0v) is 16.2. The fourth-order valence-electron chi connectivity index (χ4n) is 3.19. The van der Waals surface area contributed by atoms with E-state index in [1.54, 1.807) is 54.6 Å². The highest BCUT2D eigenvalue weighted by Crippen LogP contribution is 2.24. The molecule has 1 heterocycles.